The zero-order valence-electron chi connectivity index (χ0n) is 12.9. The fourth-order valence-corrected chi connectivity index (χ4v) is 3.36. The van der Waals surface area contributed by atoms with Crippen LogP contribution in [0.5, 0.6) is 0 Å². The molecule has 1 aromatic heterocycles. The van der Waals surface area contributed by atoms with E-state index in [1.54, 1.807) is 0 Å². The van der Waals surface area contributed by atoms with Crippen molar-refractivity contribution in [2.24, 2.45) is 5.92 Å². The van der Waals surface area contributed by atoms with Gasteiger partial charge in [0.25, 0.3) is 0 Å². The number of piperidine rings is 1. The van der Waals surface area contributed by atoms with E-state index in [1.165, 1.54) is 18.4 Å². The van der Waals surface area contributed by atoms with E-state index in [1.807, 2.05) is 24.3 Å². The number of carbonyl (C=O) groups is 1. The standard InChI is InChI=1S/C17H25N3O/c1-19(17(21)15-4-2-5-15)16-6-3-11-20(13-16)12-14-7-9-18-10-8-14/h7-10,15-16H,2-6,11-13H2,1H3. The Morgan fingerprint density at radius 3 is 2.71 bits per heavy atom. The fraction of sp³-hybridized carbons (Fsp3) is 0.647. The molecule has 1 aromatic rings. The van der Waals surface area contributed by atoms with Crippen LogP contribution in [0.1, 0.15) is 37.7 Å². The van der Waals surface area contributed by atoms with Crippen molar-refractivity contribution in [3.8, 4) is 0 Å². The molecule has 0 spiro atoms. The summed E-state index contributed by atoms with van der Waals surface area (Å²) in [6.45, 7) is 3.09. The molecule has 0 bridgehead atoms. The molecule has 1 aliphatic carbocycles. The summed E-state index contributed by atoms with van der Waals surface area (Å²) in [5, 5.41) is 0. The maximum atomic E-state index is 12.4. The van der Waals surface area contributed by atoms with Gasteiger partial charge in [0.05, 0.1) is 0 Å². The van der Waals surface area contributed by atoms with Gasteiger partial charge in [0.2, 0.25) is 5.91 Å². The van der Waals surface area contributed by atoms with Gasteiger partial charge in [-0.05, 0) is 49.9 Å². The predicted molar refractivity (Wildman–Crippen MR) is 82.6 cm³/mol. The van der Waals surface area contributed by atoms with Crippen molar-refractivity contribution >= 4 is 5.91 Å². The van der Waals surface area contributed by atoms with E-state index < -0.39 is 0 Å². The summed E-state index contributed by atoms with van der Waals surface area (Å²) in [6, 6.07) is 4.54. The molecule has 4 heteroatoms. The second-order valence-corrected chi connectivity index (χ2v) is 6.46. The van der Waals surface area contributed by atoms with Gasteiger partial charge in [0.15, 0.2) is 0 Å². The number of amides is 1. The van der Waals surface area contributed by atoms with Crippen molar-refractivity contribution in [2.75, 3.05) is 20.1 Å². The SMILES string of the molecule is CN(C(=O)C1CCC1)C1CCCN(Cc2ccncc2)C1. The van der Waals surface area contributed by atoms with Gasteiger partial charge in [0.1, 0.15) is 0 Å². The molecule has 21 heavy (non-hydrogen) atoms. The maximum Gasteiger partial charge on any atom is 0.225 e. The minimum Gasteiger partial charge on any atom is -0.341 e. The van der Waals surface area contributed by atoms with Crippen LogP contribution in [-0.4, -0.2) is 46.9 Å². The molecule has 2 aliphatic rings. The highest BCUT2D eigenvalue weighted by Crippen LogP contribution is 2.29. The summed E-state index contributed by atoms with van der Waals surface area (Å²) in [4.78, 5) is 21.0. The third kappa shape index (κ3) is 3.43. The number of pyridine rings is 1. The van der Waals surface area contributed by atoms with E-state index in [4.69, 9.17) is 0 Å². The van der Waals surface area contributed by atoms with Crippen LogP contribution in [0.4, 0.5) is 0 Å². The molecule has 1 aliphatic heterocycles. The van der Waals surface area contributed by atoms with Crippen molar-refractivity contribution in [3.05, 3.63) is 30.1 Å². The molecule has 4 nitrogen and oxygen atoms in total. The predicted octanol–water partition coefficient (Wildman–Crippen LogP) is 2.30. The molecule has 1 saturated heterocycles. The summed E-state index contributed by atoms with van der Waals surface area (Å²) < 4.78 is 0. The summed E-state index contributed by atoms with van der Waals surface area (Å²) in [5.74, 6) is 0.683. The number of rotatable bonds is 4. The van der Waals surface area contributed by atoms with E-state index in [0.717, 1.165) is 38.9 Å². The minimum atomic E-state index is 0.311. The zero-order chi connectivity index (χ0) is 14.7. The Morgan fingerprint density at radius 1 is 1.29 bits per heavy atom. The molecule has 114 valence electrons. The second kappa shape index (κ2) is 6.56. The Hall–Kier alpha value is -1.42. The fourth-order valence-electron chi connectivity index (χ4n) is 3.36. The lowest BCUT2D eigenvalue weighted by Gasteiger charge is -2.40. The monoisotopic (exact) mass is 287 g/mol. The Balaban J connectivity index is 1.56. The van der Waals surface area contributed by atoms with E-state index >= 15 is 0 Å². The number of likely N-dealkylation sites (tertiary alicyclic amines) is 1. The molecule has 0 radical (unpaired) electrons. The first-order valence-corrected chi connectivity index (χ1v) is 8.12. The number of nitrogens with zero attached hydrogens (tertiary/aromatic N) is 3. The average molecular weight is 287 g/mol. The first-order valence-electron chi connectivity index (χ1n) is 8.12. The van der Waals surface area contributed by atoms with Crippen LogP contribution >= 0.6 is 0 Å². The molecular weight excluding hydrogens is 262 g/mol. The average Bonchev–Trinajstić information content (AvgIpc) is 2.46. The molecule has 1 atom stereocenters. The van der Waals surface area contributed by atoms with Crippen molar-refractivity contribution in [1.29, 1.82) is 0 Å². The van der Waals surface area contributed by atoms with Gasteiger partial charge in [-0.15, -0.1) is 0 Å². The molecular formula is C17H25N3O. The Bertz CT molecular complexity index is 472. The van der Waals surface area contributed by atoms with Crippen LogP contribution in [0.3, 0.4) is 0 Å². The summed E-state index contributed by atoms with van der Waals surface area (Å²) in [5.41, 5.74) is 1.30. The molecule has 3 rings (SSSR count). The Labute approximate surface area is 127 Å². The number of likely N-dealkylation sites (N-methyl/N-ethyl adjacent to an activating group) is 1. The minimum absolute atomic E-state index is 0.311. The smallest absolute Gasteiger partial charge is 0.225 e. The lowest BCUT2D eigenvalue weighted by molar-refractivity contribution is -0.140. The van der Waals surface area contributed by atoms with Crippen molar-refractivity contribution < 1.29 is 4.79 Å². The largest absolute Gasteiger partial charge is 0.341 e. The summed E-state index contributed by atoms with van der Waals surface area (Å²) in [6.07, 6.45) is 9.43. The normalized spacial score (nSPS) is 23.6. The van der Waals surface area contributed by atoms with Gasteiger partial charge >= 0.3 is 0 Å². The van der Waals surface area contributed by atoms with Crippen LogP contribution in [0.15, 0.2) is 24.5 Å². The van der Waals surface area contributed by atoms with Gasteiger partial charge in [-0.3, -0.25) is 14.7 Å². The lowest BCUT2D eigenvalue weighted by Crippen LogP contribution is -2.50. The molecule has 2 fully saturated rings. The van der Waals surface area contributed by atoms with Gasteiger partial charge in [-0.2, -0.15) is 0 Å². The second-order valence-electron chi connectivity index (χ2n) is 6.46. The lowest BCUT2D eigenvalue weighted by atomic mass is 9.84. The third-order valence-electron chi connectivity index (χ3n) is 4.99. The molecule has 1 amide bonds. The number of hydrogen-bond donors (Lipinski definition) is 0. The highest BCUT2D eigenvalue weighted by atomic mass is 16.2. The quantitative estimate of drug-likeness (QED) is 0.852. The molecule has 0 aromatic carbocycles. The van der Waals surface area contributed by atoms with Gasteiger partial charge in [0, 0.05) is 44.5 Å². The van der Waals surface area contributed by atoms with Crippen LogP contribution in [0.25, 0.3) is 0 Å². The van der Waals surface area contributed by atoms with Crippen LogP contribution < -0.4 is 0 Å². The summed E-state index contributed by atoms with van der Waals surface area (Å²) in [7, 11) is 2.00. The van der Waals surface area contributed by atoms with E-state index in [9.17, 15) is 4.79 Å². The number of carbonyl (C=O) groups excluding carboxylic acids is 1. The van der Waals surface area contributed by atoms with Crippen molar-refractivity contribution in [3.63, 3.8) is 0 Å². The molecule has 1 unspecified atom stereocenters. The van der Waals surface area contributed by atoms with Gasteiger partial charge < -0.3 is 4.90 Å². The van der Waals surface area contributed by atoms with E-state index in [0.29, 0.717) is 17.9 Å². The highest BCUT2D eigenvalue weighted by molar-refractivity contribution is 5.79. The number of hydrogen-bond acceptors (Lipinski definition) is 3. The Kier molecular flexibility index (Phi) is 4.54. The first kappa shape index (κ1) is 14.5. The van der Waals surface area contributed by atoms with Gasteiger partial charge in [-0.25, -0.2) is 0 Å². The van der Waals surface area contributed by atoms with Crippen LogP contribution in [0.2, 0.25) is 0 Å². The van der Waals surface area contributed by atoms with Crippen molar-refractivity contribution in [2.45, 2.75) is 44.7 Å². The van der Waals surface area contributed by atoms with E-state index in [-0.39, 0.29) is 0 Å². The molecule has 1 saturated carbocycles. The summed E-state index contributed by atoms with van der Waals surface area (Å²) >= 11 is 0. The maximum absolute atomic E-state index is 12.4. The van der Waals surface area contributed by atoms with Gasteiger partial charge in [-0.1, -0.05) is 6.42 Å². The Morgan fingerprint density at radius 2 is 2.05 bits per heavy atom. The molecule has 0 N–H and O–H groups in total. The van der Waals surface area contributed by atoms with E-state index in [2.05, 4.69) is 22.0 Å². The first-order chi connectivity index (χ1) is 10.2. The number of aromatic nitrogens is 1. The van der Waals surface area contributed by atoms with Crippen LogP contribution in [0, 0.1) is 5.92 Å². The zero-order valence-corrected chi connectivity index (χ0v) is 12.9. The van der Waals surface area contributed by atoms with Crippen molar-refractivity contribution in [1.82, 2.24) is 14.8 Å². The highest BCUT2D eigenvalue weighted by Gasteiger charge is 2.32. The third-order valence-corrected chi connectivity index (χ3v) is 4.99. The topological polar surface area (TPSA) is 36.4 Å². The molecule has 2 heterocycles. The van der Waals surface area contributed by atoms with Crippen LogP contribution in [-0.2, 0) is 11.3 Å².